The molecule has 1 aromatic heterocycles. The average molecular weight is 266 g/mol. The molecule has 3 aromatic rings. The van der Waals surface area contributed by atoms with Gasteiger partial charge in [0.15, 0.2) is 5.69 Å². The minimum Gasteiger partial charge on any atom is -0.287 e. The van der Waals surface area contributed by atoms with E-state index >= 15 is 0 Å². The lowest BCUT2D eigenvalue weighted by Gasteiger charge is -2.00. The highest BCUT2D eigenvalue weighted by Crippen LogP contribution is 2.27. The normalized spacial score (nSPS) is 10.3. The van der Waals surface area contributed by atoms with Gasteiger partial charge in [0.25, 0.3) is 0 Å². The van der Waals surface area contributed by atoms with Crippen LogP contribution in [0.3, 0.4) is 0 Å². The third kappa shape index (κ3) is 2.30. The Morgan fingerprint density at radius 2 is 1.53 bits per heavy atom. The Hall–Kier alpha value is -2.33. The van der Waals surface area contributed by atoms with Crippen LogP contribution in [0, 0.1) is 0 Å². The number of ketones is 1. The van der Waals surface area contributed by atoms with Crippen molar-refractivity contribution in [2.75, 3.05) is 0 Å². The maximum atomic E-state index is 12.4. The summed E-state index contributed by atoms with van der Waals surface area (Å²) in [5, 5.41) is 3.99. The third-order valence-corrected chi connectivity index (χ3v) is 3.55. The van der Waals surface area contributed by atoms with Crippen LogP contribution < -0.4 is 0 Å². The molecule has 3 rings (SSSR count). The molecule has 2 aromatic carbocycles. The van der Waals surface area contributed by atoms with Crippen LogP contribution in [-0.4, -0.2) is 15.4 Å². The second-order valence-electron chi connectivity index (χ2n) is 4.01. The van der Waals surface area contributed by atoms with Gasteiger partial charge in [0, 0.05) is 5.56 Å². The van der Waals surface area contributed by atoms with Crippen LogP contribution in [-0.2, 0) is 0 Å². The lowest BCUT2D eigenvalue weighted by atomic mass is 10.1. The summed E-state index contributed by atoms with van der Waals surface area (Å²) in [6.07, 6.45) is 0. The van der Waals surface area contributed by atoms with Crippen molar-refractivity contribution < 1.29 is 4.79 Å². The van der Waals surface area contributed by atoms with Crippen LogP contribution in [0.15, 0.2) is 60.7 Å². The summed E-state index contributed by atoms with van der Waals surface area (Å²) in [6, 6.07) is 18.9. The van der Waals surface area contributed by atoms with Gasteiger partial charge in [-0.2, -0.15) is 0 Å². The molecule has 3 nitrogen and oxygen atoms in total. The number of carbonyl (C=O) groups is 1. The molecule has 0 saturated heterocycles. The summed E-state index contributed by atoms with van der Waals surface area (Å²) in [6.45, 7) is 0. The Kier molecular flexibility index (Phi) is 3.16. The molecule has 0 aliphatic rings. The Balaban J connectivity index is 2.04. The fraction of sp³-hybridized carbons (Fsp3) is 0. The van der Waals surface area contributed by atoms with Gasteiger partial charge in [-0.1, -0.05) is 65.2 Å². The van der Waals surface area contributed by atoms with Gasteiger partial charge in [0.1, 0.15) is 0 Å². The first-order valence-electron chi connectivity index (χ1n) is 5.84. The van der Waals surface area contributed by atoms with Crippen LogP contribution in [0.25, 0.3) is 10.4 Å². The molecular formula is C15H10N2OS. The van der Waals surface area contributed by atoms with Gasteiger partial charge in [0.2, 0.25) is 5.78 Å². The molecule has 0 bridgehead atoms. The van der Waals surface area contributed by atoms with E-state index in [2.05, 4.69) is 9.59 Å². The molecule has 0 amide bonds. The molecule has 0 saturated carbocycles. The quantitative estimate of drug-likeness (QED) is 0.682. The molecule has 0 spiro atoms. The molecule has 92 valence electrons. The van der Waals surface area contributed by atoms with E-state index in [4.69, 9.17) is 0 Å². The second-order valence-corrected chi connectivity index (χ2v) is 4.77. The highest BCUT2D eigenvalue weighted by molar-refractivity contribution is 7.09. The van der Waals surface area contributed by atoms with Crippen molar-refractivity contribution in [3.8, 4) is 10.4 Å². The number of hydrogen-bond donors (Lipinski definition) is 0. The van der Waals surface area contributed by atoms with Crippen molar-refractivity contribution in [2.24, 2.45) is 0 Å². The SMILES string of the molecule is O=C(c1ccccc1)c1nnsc1-c1ccccc1. The van der Waals surface area contributed by atoms with Gasteiger partial charge in [-0.15, -0.1) is 5.10 Å². The predicted octanol–water partition coefficient (Wildman–Crippen LogP) is 3.44. The summed E-state index contributed by atoms with van der Waals surface area (Å²) in [4.78, 5) is 13.2. The van der Waals surface area contributed by atoms with Gasteiger partial charge in [-0.3, -0.25) is 4.79 Å². The number of benzene rings is 2. The van der Waals surface area contributed by atoms with Crippen LogP contribution in [0.2, 0.25) is 0 Å². The topological polar surface area (TPSA) is 42.9 Å². The van der Waals surface area contributed by atoms with Crippen molar-refractivity contribution in [3.05, 3.63) is 71.9 Å². The summed E-state index contributed by atoms with van der Waals surface area (Å²) < 4.78 is 3.92. The maximum absolute atomic E-state index is 12.4. The second kappa shape index (κ2) is 5.12. The zero-order chi connectivity index (χ0) is 13.1. The van der Waals surface area contributed by atoms with Crippen molar-refractivity contribution in [1.82, 2.24) is 9.59 Å². The van der Waals surface area contributed by atoms with Crippen molar-refractivity contribution in [3.63, 3.8) is 0 Å². The van der Waals surface area contributed by atoms with E-state index < -0.39 is 0 Å². The van der Waals surface area contributed by atoms with Crippen molar-refractivity contribution >= 4 is 17.3 Å². The minimum atomic E-state index is -0.0896. The van der Waals surface area contributed by atoms with Crippen LogP contribution in [0.4, 0.5) is 0 Å². The molecule has 0 unspecified atom stereocenters. The zero-order valence-electron chi connectivity index (χ0n) is 9.98. The number of aromatic nitrogens is 2. The molecular weight excluding hydrogens is 256 g/mol. The van der Waals surface area contributed by atoms with Crippen LogP contribution in [0.5, 0.6) is 0 Å². The molecule has 1 heterocycles. The van der Waals surface area contributed by atoms with E-state index in [1.54, 1.807) is 12.1 Å². The largest absolute Gasteiger partial charge is 0.287 e. The summed E-state index contributed by atoms with van der Waals surface area (Å²) >= 11 is 1.24. The number of nitrogens with zero attached hydrogens (tertiary/aromatic N) is 2. The van der Waals surface area contributed by atoms with E-state index in [0.29, 0.717) is 11.3 Å². The zero-order valence-corrected chi connectivity index (χ0v) is 10.8. The molecule has 0 fully saturated rings. The molecule has 0 aliphatic carbocycles. The molecule has 4 heteroatoms. The van der Waals surface area contributed by atoms with Gasteiger partial charge >= 0.3 is 0 Å². The Morgan fingerprint density at radius 3 is 2.21 bits per heavy atom. The van der Waals surface area contributed by atoms with Crippen molar-refractivity contribution in [1.29, 1.82) is 0 Å². The molecule has 0 aliphatic heterocycles. The van der Waals surface area contributed by atoms with Crippen molar-refractivity contribution in [2.45, 2.75) is 0 Å². The fourth-order valence-electron chi connectivity index (χ4n) is 1.84. The standard InChI is InChI=1S/C15H10N2OS/c18-14(11-7-3-1-4-8-11)13-15(19-17-16-13)12-9-5-2-6-10-12/h1-10H. The van der Waals surface area contributed by atoms with E-state index in [1.807, 2.05) is 48.5 Å². The van der Waals surface area contributed by atoms with E-state index in [0.717, 1.165) is 10.4 Å². The van der Waals surface area contributed by atoms with Gasteiger partial charge in [0.05, 0.1) is 4.88 Å². The van der Waals surface area contributed by atoms with E-state index in [1.165, 1.54) is 11.5 Å². The minimum absolute atomic E-state index is 0.0896. The summed E-state index contributed by atoms with van der Waals surface area (Å²) in [5.41, 5.74) is 2.02. The molecule has 0 atom stereocenters. The van der Waals surface area contributed by atoms with E-state index in [-0.39, 0.29) is 5.78 Å². The number of hydrogen-bond acceptors (Lipinski definition) is 4. The Labute approximate surface area is 114 Å². The fourth-order valence-corrected chi connectivity index (χ4v) is 2.51. The number of rotatable bonds is 3. The highest BCUT2D eigenvalue weighted by Gasteiger charge is 2.18. The lowest BCUT2D eigenvalue weighted by Crippen LogP contribution is -2.03. The van der Waals surface area contributed by atoms with Gasteiger partial charge < -0.3 is 0 Å². The average Bonchev–Trinajstić information content (AvgIpc) is 2.98. The predicted molar refractivity (Wildman–Crippen MR) is 75.2 cm³/mol. The molecule has 0 N–H and O–H groups in total. The Morgan fingerprint density at radius 1 is 0.895 bits per heavy atom. The highest BCUT2D eigenvalue weighted by atomic mass is 32.1. The smallest absolute Gasteiger partial charge is 0.214 e. The summed E-state index contributed by atoms with van der Waals surface area (Å²) in [7, 11) is 0. The van der Waals surface area contributed by atoms with E-state index in [9.17, 15) is 4.79 Å². The first-order chi connectivity index (χ1) is 9.36. The summed E-state index contributed by atoms with van der Waals surface area (Å²) in [5.74, 6) is -0.0896. The maximum Gasteiger partial charge on any atom is 0.214 e. The van der Waals surface area contributed by atoms with Gasteiger partial charge in [-0.25, -0.2) is 0 Å². The lowest BCUT2D eigenvalue weighted by molar-refractivity contribution is 0.103. The first kappa shape index (κ1) is 11.7. The Bertz CT molecular complexity index is 692. The monoisotopic (exact) mass is 266 g/mol. The third-order valence-electron chi connectivity index (χ3n) is 2.78. The van der Waals surface area contributed by atoms with Crippen LogP contribution >= 0.6 is 11.5 Å². The van der Waals surface area contributed by atoms with Crippen LogP contribution in [0.1, 0.15) is 16.1 Å². The first-order valence-corrected chi connectivity index (χ1v) is 6.61. The van der Waals surface area contributed by atoms with Gasteiger partial charge in [-0.05, 0) is 17.1 Å². The number of carbonyl (C=O) groups excluding carboxylic acids is 1. The molecule has 0 radical (unpaired) electrons. The molecule has 19 heavy (non-hydrogen) atoms.